The number of carbonyl (C=O) groups excluding carboxylic acids is 1. The van der Waals surface area contributed by atoms with Crippen LogP contribution in [0, 0.1) is 12.8 Å². The van der Waals surface area contributed by atoms with Gasteiger partial charge >= 0.3 is 0 Å². The van der Waals surface area contributed by atoms with Crippen LogP contribution in [0.3, 0.4) is 0 Å². The number of amides is 1. The van der Waals surface area contributed by atoms with E-state index in [1.165, 1.54) is 0 Å². The zero-order chi connectivity index (χ0) is 18.5. The van der Waals surface area contributed by atoms with Gasteiger partial charge in [-0.3, -0.25) is 4.79 Å². The first-order valence-electron chi connectivity index (χ1n) is 9.08. The van der Waals surface area contributed by atoms with E-state index < -0.39 is 0 Å². The predicted octanol–water partition coefficient (Wildman–Crippen LogP) is 3.10. The summed E-state index contributed by atoms with van der Waals surface area (Å²) in [5, 5.41) is 3.94. The van der Waals surface area contributed by atoms with Crippen molar-refractivity contribution < 1.29 is 18.8 Å². The zero-order valence-electron chi connectivity index (χ0n) is 15.6. The molecule has 0 radical (unpaired) electrons. The minimum Gasteiger partial charge on any atom is -0.493 e. The van der Waals surface area contributed by atoms with E-state index in [4.69, 9.17) is 14.0 Å². The average Bonchev–Trinajstić information content (AvgIpc) is 3.25. The highest BCUT2D eigenvalue weighted by atomic mass is 16.5. The Balaban J connectivity index is 1.72. The van der Waals surface area contributed by atoms with E-state index in [0.29, 0.717) is 37.4 Å². The van der Waals surface area contributed by atoms with Crippen molar-refractivity contribution in [1.29, 1.82) is 0 Å². The smallest absolute Gasteiger partial charge is 0.257 e. The highest BCUT2D eigenvalue weighted by Crippen LogP contribution is 2.28. The number of nitrogens with zero attached hydrogens (tertiary/aromatic N) is 2. The monoisotopic (exact) mass is 358 g/mol. The lowest BCUT2D eigenvalue weighted by molar-refractivity contribution is 0.0670. The third kappa shape index (κ3) is 4.07. The van der Waals surface area contributed by atoms with Crippen molar-refractivity contribution >= 4 is 5.91 Å². The van der Waals surface area contributed by atoms with E-state index in [2.05, 4.69) is 5.16 Å². The first-order valence-corrected chi connectivity index (χ1v) is 9.08. The van der Waals surface area contributed by atoms with Crippen molar-refractivity contribution in [1.82, 2.24) is 10.1 Å². The molecule has 0 saturated carbocycles. The molecule has 140 valence electrons. The molecule has 1 aromatic carbocycles. The van der Waals surface area contributed by atoms with Crippen molar-refractivity contribution in [3.63, 3.8) is 0 Å². The largest absolute Gasteiger partial charge is 0.493 e. The highest BCUT2D eigenvalue weighted by molar-refractivity contribution is 5.97. The topological polar surface area (TPSA) is 64.8 Å². The molecule has 1 aromatic heterocycles. The quantitative estimate of drug-likeness (QED) is 0.761. The van der Waals surface area contributed by atoms with Gasteiger partial charge in [-0.05, 0) is 25.5 Å². The van der Waals surface area contributed by atoms with E-state index in [-0.39, 0.29) is 17.9 Å². The van der Waals surface area contributed by atoms with Crippen molar-refractivity contribution in [2.24, 2.45) is 5.92 Å². The van der Waals surface area contributed by atoms with Gasteiger partial charge in [0, 0.05) is 38.6 Å². The molecule has 0 bridgehead atoms. The molecule has 26 heavy (non-hydrogen) atoms. The first-order chi connectivity index (χ1) is 12.6. The van der Waals surface area contributed by atoms with Gasteiger partial charge in [-0.25, -0.2) is 0 Å². The van der Waals surface area contributed by atoms with Crippen LogP contribution in [0.4, 0.5) is 0 Å². The van der Waals surface area contributed by atoms with Gasteiger partial charge in [0.25, 0.3) is 5.91 Å². The molecule has 6 heteroatoms. The van der Waals surface area contributed by atoms with Crippen LogP contribution in [-0.4, -0.2) is 48.9 Å². The van der Waals surface area contributed by atoms with Crippen LogP contribution in [0.5, 0.6) is 5.75 Å². The van der Waals surface area contributed by atoms with Crippen LogP contribution in [0.2, 0.25) is 0 Å². The van der Waals surface area contributed by atoms with Gasteiger partial charge in [0.15, 0.2) is 0 Å². The van der Waals surface area contributed by atoms with Crippen LogP contribution >= 0.6 is 0 Å². The summed E-state index contributed by atoms with van der Waals surface area (Å²) in [7, 11) is 1.69. The van der Waals surface area contributed by atoms with E-state index in [9.17, 15) is 4.79 Å². The van der Waals surface area contributed by atoms with Crippen molar-refractivity contribution in [3.05, 3.63) is 47.3 Å². The van der Waals surface area contributed by atoms with Crippen LogP contribution in [-0.2, 0) is 11.2 Å². The average molecular weight is 358 g/mol. The molecular weight excluding hydrogens is 332 g/mol. The predicted molar refractivity (Wildman–Crippen MR) is 97.4 cm³/mol. The SMILES string of the molecule is CCCOc1ccccc1C(=O)N1C[C@@H](Cc2cc(C)no2)[C@@H](OC)C1. The summed E-state index contributed by atoms with van der Waals surface area (Å²) in [6.45, 7) is 5.73. The third-order valence-electron chi connectivity index (χ3n) is 4.69. The van der Waals surface area contributed by atoms with Crippen LogP contribution in [0.15, 0.2) is 34.9 Å². The molecule has 0 unspecified atom stereocenters. The lowest BCUT2D eigenvalue weighted by atomic mass is 10.0. The van der Waals surface area contributed by atoms with Gasteiger partial charge in [0.05, 0.1) is 24.0 Å². The lowest BCUT2D eigenvalue weighted by Gasteiger charge is -2.18. The van der Waals surface area contributed by atoms with E-state index >= 15 is 0 Å². The number of hydrogen-bond acceptors (Lipinski definition) is 5. The van der Waals surface area contributed by atoms with Gasteiger partial charge in [0.2, 0.25) is 0 Å². The van der Waals surface area contributed by atoms with Gasteiger partial charge in [-0.1, -0.05) is 24.2 Å². The number of para-hydroxylation sites is 1. The van der Waals surface area contributed by atoms with Gasteiger partial charge < -0.3 is 18.9 Å². The summed E-state index contributed by atoms with van der Waals surface area (Å²) in [6, 6.07) is 9.36. The van der Waals surface area contributed by atoms with Crippen molar-refractivity contribution in [3.8, 4) is 5.75 Å². The Labute approximate surface area is 154 Å². The molecule has 1 aliphatic heterocycles. The molecule has 2 heterocycles. The van der Waals surface area contributed by atoms with Crippen molar-refractivity contribution in [2.75, 3.05) is 26.8 Å². The number of aryl methyl sites for hydroxylation is 1. The van der Waals surface area contributed by atoms with Crippen LogP contribution < -0.4 is 4.74 Å². The molecular formula is C20H26N2O4. The minimum absolute atomic E-state index is 0.0185. The fourth-order valence-corrected chi connectivity index (χ4v) is 3.39. The summed E-state index contributed by atoms with van der Waals surface area (Å²) in [4.78, 5) is 14.9. The first kappa shape index (κ1) is 18.5. The molecule has 0 aliphatic carbocycles. The molecule has 3 rings (SSSR count). The van der Waals surface area contributed by atoms with E-state index in [1.54, 1.807) is 7.11 Å². The molecule has 2 aromatic rings. The molecule has 1 saturated heterocycles. The maximum atomic E-state index is 13.0. The second-order valence-electron chi connectivity index (χ2n) is 6.73. The van der Waals surface area contributed by atoms with Gasteiger partial charge in [0.1, 0.15) is 11.5 Å². The maximum absolute atomic E-state index is 13.0. The third-order valence-corrected chi connectivity index (χ3v) is 4.69. The summed E-state index contributed by atoms with van der Waals surface area (Å²) in [5.41, 5.74) is 1.47. The lowest BCUT2D eigenvalue weighted by Crippen LogP contribution is -2.30. The fourth-order valence-electron chi connectivity index (χ4n) is 3.39. The number of hydrogen-bond donors (Lipinski definition) is 0. The van der Waals surface area contributed by atoms with E-state index in [0.717, 1.165) is 17.9 Å². The normalized spacial score (nSPS) is 19.7. The Kier molecular flexibility index (Phi) is 5.93. The van der Waals surface area contributed by atoms with Crippen LogP contribution in [0.25, 0.3) is 0 Å². The molecule has 0 N–H and O–H groups in total. The Hall–Kier alpha value is -2.34. The zero-order valence-corrected chi connectivity index (χ0v) is 15.6. The summed E-state index contributed by atoms with van der Waals surface area (Å²) < 4.78 is 16.7. The highest BCUT2D eigenvalue weighted by Gasteiger charge is 2.37. The van der Waals surface area contributed by atoms with Gasteiger partial charge in [-0.2, -0.15) is 0 Å². The summed E-state index contributed by atoms with van der Waals surface area (Å²) in [6.07, 6.45) is 1.58. The number of rotatable bonds is 7. The summed E-state index contributed by atoms with van der Waals surface area (Å²) in [5.74, 6) is 1.63. The van der Waals surface area contributed by atoms with Crippen molar-refractivity contribution in [2.45, 2.75) is 32.8 Å². The Morgan fingerprint density at radius 3 is 2.85 bits per heavy atom. The molecule has 1 aliphatic rings. The molecule has 0 spiro atoms. The number of aromatic nitrogens is 1. The number of likely N-dealkylation sites (tertiary alicyclic amines) is 1. The molecule has 1 fully saturated rings. The maximum Gasteiger partial charge on any atom is 0.257 e. The molecule has 1 amide bonds. The standard InChI is InChI=1S/C20H26N2O4/c1-4-9-25-18-8-6-5-7-17(18)20(23)22-12-15(19(13-22)24-3)11-16-10-14(2)21-26-16/h5-8,10,15,19H,4,9,11-13H2,1-3H3/t15-,19+/m1/s1. The second-order valence-corrected chi connectivity index (χ2v) is 6.73. The minimum atomic E-state index is -0.0203. The Morgan fingerprint density at radius 1 is 1.35 bits per heavy atom. The number of methoxy groups -OCH3 is 1. The number of ether oxygens (including phenoxy) is 2. The fraction of sp³-hybridized carbons (Fsp3) is 0.500. The van der Waals surface area contributed by atoms with Crippen LogP contribution in [0.1, 0.15) is 35.2 Å². The molecule has 2 atom stereocenters. The van der Waals surface area contributed by atoms with Gasteiger partial charge in [-0.15, -0.1) is 0 Å². The molecule has 6 nitrogen and oxygen atoms in total. The van der Waals surface area contributed by atoms with E-state index in [1.807, 2.05) is 49.1 Å². The number of carbonyl (C=O) groups is 1. The second kappa shape index (κ2) is 8.36. The summed E-state index contributed by atoms with van der Waals surface area (Å²) >= 11 is 0. The Morgan fingerprint density at radius 2 is 2.15 bits per heavy atom. The number of benzene rings is 1. The Bertz CT molecular complexity index is 743.